The van der Waals surface area contributed by atoms with E-state index in [0.29, 0.717) is 18.3 Å². The normalized spacial score (nSPS) is 18.9. The first-order valence-electron chi connectivity index (χ1n) is 11.2. The number of carbonyl (C=O) groups excluding carboxylic acids is 2. The van der Waals surface area contributed by atoms with Crippen molar-refractivity contribution in [2.45, 2.75) is 70.9 Å². The van der Waals surface area contributed by atoms with Crippen LogP contribution in [0, 0.1) is 5.92 Å². The van der Waals surface area contributed by atoms with Crippen LogP contribution in [0.15, 0.2) is 24.4 Å². The van der Waals surface area contributed by atoms with E-state index in [2.05, 4.69) is 15.2 Å². The van der Waals surface area contributed by atoms with Gasteiger partial charge < -0.3 is 15.0 Å². The maximum absolute atomic E-state index is 12.6. The summed E-state index contributed by atoms with van der Waals surface area (Å²) >= 11 is 0. The standard InChI is InChI=1S/C23H36N4O3/c1-23(2,3)30-22(29)27(20-10-6-7-13-24-20)17-21(28)25-16-18-11-14-26(15-12-18)19-8-4-5-9-19/h6-7,10,13,18-19H,4-5,8-9,11-12,14-17H2,1-3H3,(H,25,28). The summed E-state index contributed by atoms with van der Waals surface area (Å²) in [5, 5.41) is 3.02. The molecule has 30 heavy (non-hydrogen) atoms. The predicted octanol–water partition coefficient (Wildman–Crippen LogP) is 3.59. The Morgan fingerprint density at radius 3 is 2.47 bits per heavy atom. The van der Waals surface area contributed by atoms with E-state index in [9.17, 15) is 9.59 Å². The van der Waals surface area contributed by atoms with Crippen molar-refractivity contribution in [3.63, 3.8) is 0 Å². The van der Waals surface area contributed by atoms with Crippen LogP contribution in [-0.4, -0.2) is 59.7 Å². The minimum atomic E-state index is -0.645. The molecule has 0 bridgehead atoms. The number of aromatic nitrogens is 1. The quantitative estimate of drug-likeness (QED) is 0.767. The Balaban J connectivity index is 1.49. The molecule has 1 aromatic rings. The molecule has 1 saturated carbocycles. The molecule has 1 aliphatic heterocycles. The fourth-order valence-electron chi connectivity index (χ4n) is 4.32. The van der Waals surface area contributed by atoms with Crippen LogP contribution < -0.4 is 10.2 Å². The Morgan fingerprint density at radius 1 is 1.17 bits per heavy atom. The van der Waals surface area contributed by atoms with E-state index >= 15 is 0 Å². The number of amides is 2. The van der Waals surface area contributed by atoms with Crippen molar-refractivity contribution in [2.24, 2.45) is 5.92 Å². The van der Waals surface area contributed by atoms with Gasteiger partial charge in [-0.25, -0.2) is 9.78 Å². The Bertz CT molecular complexity index is 690. The van der Waals surface area contributed by atoms with Crippen molar-refractivity contribution in [1.29, 1.82) is 0 Å². The number of ether oxygens (including phenoxy) is 1. The number of anilines is 1. The first-order valence-corrected chi connectivity index (χ1v) is 11.2. The molecule has 1 N–H and O–H groups in total. The molecular weight excluding hydrogens is 380 g/mol. The van der Waals surface area contributed by atoms with Crippen LogP contribution >= 0.6 is 0 Å². The van der Waals surface area contributed by atoms with Gasteiger partial charge in [0.25, 0.3) is 0 Å². The second kappa shape index (κ2) is 10.2. The van der Waals surface area contributed by atoms with Gasteiger partial charge in [-0.2, -0.15) is 0 Å². The van der Waals surface area contributed by atoms with E-state index in [0.717, 1.165) is 32.0 Å². The molecule has 0 atom stereocenters. The molecule has 166 valence electrons. The third-order valence-corrected chi connectivity index (χ3v) is 5.92. The number of likely N-dealkylation sites (tertiary alicyclic amines) is 1. The Morgan fingerprint density at radius 2 is 1.87 bits per heavy atom. The van der Waals surface area contributed by atoms with E-state index in [1.807, 2.05) is 0 Å². The Kier molecular flexibility index (Phi) is 7.69. The average molecular weight is 417 g/mol. The first-order chi connectivity index (χ1) is 14.3. The molecular formula is C23H36N4O3. The topological polar surface area (TPSA) is 74.8 Å². The van der Waals surface area contributed by atoms with Gasteiger partial charge in [0, 0.05) is 18.8 Å². The van der Waals surface area contributed by atoms with Gasteiger partial charge in [0.15, 0.2) is 0 Å². The molecule has 0 aromatic carbocycles. The number of carbonyl (C=O) groups is 2. The van der Waals surface area contributed by atoms with Crippen molar-refractivity contribution in [3.8, 4) is 0 Å². The van der Waals surface area contributed by atoms with Gasteiger partial charge in [0.2, 0.25) is 5.91 Å². The van der Waals surface area contributed by atoms with Crippen LogP contribution in [0.2, 0.25) is 0 Å². The van der Waals surface area contributed by atoms with E-state index < -0.39 is 11.7 Å². The second-order valence-electron chi connectivity index (χ2n) is 9.48. The number of nitrogens with one attached hydrogen (secondary N) is 1. The fourth-order valence-corrected chi connectivity index (χ4v) is 4.32. The van der Waals surface area contributed by atoms with Gasteiger partial charge >= 0.3 is 6.09 Å². The van der Waals surface area contributed by atoms with Crippen molar-refractivity contribution in [3.05, 3.63) is 24.4 Å². The average Bonchev–Trinajstić information content (AvgIpc) is 3.25. The molecule has 2 heterocycles. The zero-order chi connectivity index (χ0) is 21.6. The smallest absolute Gasteiger partial charge is 0.416 e. The second-order valence-corrected chi connectivity index (χ2v) is 9.48. The third kappa shape index (κ3) is 6.69. The summed E-state index contributed by atoms with van der Waals surface area (Å²) in [4.78, 5) is 33.4. The molecule has 2 fully saturated rings. The summed E-state index contributed by atoms with van der Waals surface area (Å²) in [6.07, 6.45) is 8.68. The molecule has 0 unspecified atom stereocenters. The lowest BCUT2D eigenvalue weighted by Gasteiger charge is -2.36. The van der Waals surface area contributed by atoms with Crippen LogP contribution in [0.5, 0.6) is 0 Å². The molecule has 1 aromatic heterocycles. The number of piperidine rings is 1. The zero-order valence-electron chi connectivity index (χ0n) is 18.6. The number of pyridine rings is 1. The maximum Gasteiger partial charge on any atom is 0.416 e. The van der Waals surface area contributed by atoms with Gasteiger partial charge in [0.1, 0.15) is 18.0 Å². The van der Waals surface area contributed by atoms with Gasteiger partial charge in [-0.1, -0.05) is 18.9 Å². The van der Waals surface area contributed by atoms with Crippen LogP contribution in [0.4, 0.5) is 10.6 Å². The first kappa shape index (κ1) is 22.5. The molecule has 7 nitrogen and oxygen atoms in total. The molecule has 1 aliphatic carbocycles. The van der Waals surface area contributed by atoms with E-state index in [1.54, 1.807) is 45.2 Å². The molecule has 0 radical (unpaired) electrons. The van der Waals surface area contributed by atoms with Crippen molar-refractivity contribution >= 4 is 17.8 Å². The Hall–Kier alpha value is -2.15. The molecule has 0 spiro atoms. The van der Waals surface area contributed by atoms with Crippen molar-refractivity contribution in [2.75, 3.05) is 31.1 Å². The zero-order valence-corrected chi connectivity index (χ0v) is 18.6. The Labute approximate surface area is 180 Å². The fraction of sp³-hybridized carbons (Fsp3) is 0.696. The number of rotatable bonds is 6. The minimum absolute atomic E-state index is 0.104. The van der Waals surface area contributed by atoms with Gasteiger partial charge in [-0.3, -0.25) is 9.69 Å². The summed E-state index contributed by atoms with van der Waals surface area (Å²) in [5.74, 6) is 0.716. The predicted molar refractivity (Wildman–Crippen MR) is 117 cm³/mol. The van der Waals surface area contributed by atoms with Crippen LogP contribution in [0.25, 0.3) is 0 Å². The van der Waals surface area contributed by atoms with Crippen LogP contribution in [-0.2, 0) is 9.53 Å². The van der Waals surface area contributed by atoms with Gasteiger partial charge in [-0.15, -0.1) is 0 Å². The molecule has 2 aliphatic rings. The lowest BCUT2D eigenvalue weighted by Crippen LogP contribution is -2.46. The van der Waals surface area contributed by atoms with E-state index in [-0.39, 0.29) is 12.5 Å². The highest BCUT2D eigenvalue weighted by molar-refractivity contribution is 5.94. The lowest BCUT2D eigenvalue weighted by atomic mass is 9.95. The van der Waals surface area contributed by atoms with Crippen LogP contribution in [0.1, 0.15) is 59.3 Å². The maximum atomic E-state index is 12.6. The van der Waals surface area contributed by atoms with Crippen molar-refractivity contribution in [1.82, 2.24) is 15.2 Å². The number of nitrogens with zero attached hydrogens (tertiary/aromatic N) is 3. The lowest BCUT2D eigenvalue weighted by molar-refractivity contribution is -0.120. The largest absolute Gasteiger partial charge is 0.443 e. The van der Waals surface area contributed by atoms with Gasteiger partial charge in [-0.05, 0) is 77.6 Å². The molecule has 1 saturated heterocycles. The minimum Gasteiger partial charge on any atom is -0.443 e. The summed E-state index contributed by atoms with van der Waals surface area (Å²) in [5.41, 5.74) is -0.645. The van der Waals surface area contributed by atoms with E-state index in [1.165, 1.54) is 30.6 Å². The van der Waals surface area contributed by atoms with E-state index in [4.69, 9.17) is 4.74 Å². The van der Waals surface area contributed by atoms with Crippen molar-refractivity contribution < 1.29 is 14.3 Å². The summed E-state index contributed by atoms with van der Waals surface area (Å²) in [6, 6.07) is 6.04. The SMILES string of the molecule is CC(C)(C)OC(=O)N(CC(=O)NCC1CCN(C2CCCC2)CC1)c1ccccn1. The summed E-state index contributed by atoms with van der Waals surface area (Å²) in [7, 11) is 0. The highest BCUT2D eigenvalue weighted by Crippen LogP contribution is 2.27. The number of hydrogen-bond donors (Lipinski definition) is 1. The molecule has 3 rings (SSSR count). The highest BCUT2D eigenvalue weighted by atomic mass is 16.6. The summed E-state index contributed by atoms with van der Waals surface area (Å²) in [6.45, 7) is 8.22. The molecule has 7 heteroatoms. The van der Waals surface area contributed by atoms with Crippen LogP contribution in [0.3, 0.4) is 0 Å². The monoisotopic (exact) mass is 416 g/mol. The highest BCUT2D eigenvalue weighted by Gasteiger charge is 2.28. The van der Waals surface area contributed by atoms with Gasteiger partial charge in [0.05, 0.1) is 0 Å². The molecule has 2 amide bonds. The summed E-state index contributed by atoms with van der Waals surface area (Å²) < 4.78 is 5.47. The number of hydrogen-bond acceptors (Lipinski definition) is 5. The third-order valence-electron chi connectivity index (χ3n) is 5.92.